The Morgan fingerprint density at radius 2 is 2.08 bits per heavy atom. The summed E-state index contributed by atoms with van der Waals surface area (Å²) in [6.45, 7) is 4.29. The van der Waals surface area contributed by atoms with Crippen LogP contribution in [0.5, 0.6) is 5.75 Å². The van der Waals surface area contributed by atoms with E-state index in [1.165, 1.54) is 0 Å². The second kappa shape index (κ2) is 3.86. The van der Waals surface area contributed by atoms with E-state index in [1.54, 1.807) is 6.07 Å². The Morgan fingerprint density at radius 1 is 1.38 bits per heavy atom. The number of rotatable bonds is 2. The van der Waals surface area contributed by atoms with Crippen LogP contribution in [0.25, 0.3) is 0 Å². The normalized spacial score (nSPS) is 9.31. The molecule has 0 aromatic heterocycles. The van der Waals surface area contributed by atoms with Crippen molar-refractivity contribution in [1.82, 2.24) is 0 Å². The summed E-state index contributed by atoms with van der Waals surface area (Å²) in [5.41, 5.74) is 2.83. The van der Waals surface area contributed by atoms with E-state index in [0.717, 1.165) is 16.8 Å². The fourth-order valence-corrected chi connectivity index (χ4v) is 1.14. The Labute approximate surface area is 78.6 Å². The first-order chi connectivity index (χ1) is 6.15. The van der Waals surface area contributed by atoms with Crippen molar-refractivity contribution in [2.75, 3.05) is 11.9 Å². The van der Waals surface area contributed by atoms with Crippen LogP contribution in [0.2, 0.25) is 0 Å². The number of aromatic hydroxyl groups is 1. The zero-order valence-electron chi connectivity index (χ0n) is 7.89. The Kier molecular flexibility index (Phi) is 2.81. The smallest absolute Gasteiger partial charge is 0.118 e. The highest BCUT2D eigenvalue weighted by Gasteiger charge is 2.01. The molecule has 13 heavy (non-hydrogen) atoms. The van der Waals surface area contributed by atoms with Crippen molar-refractivity contribution in [3.05, 3.63) is 23.3 Å². The molecule has 2 N–H and O–H groups in total. The molecule has 0 atom stereocenters. The number of terminal acetylenes is 1. The molecule has 2 heteroatoms. The Morgan fingerprint density at radius 3 is 2.69 bits per heavy atom. The number of nitrogens with one attached hydrogen (secondary N) is 1. The first kappa shape index (κ1) is 9.47. The predicted octanol–water partition coefficient (Wildman–Crippen LogP) is 2.05. The van der Waals surface area contributed by atoms with Gasteiger partial charge in [0, 0.05) is 5.69 Å². The third kappa shape index (κ3) is 2.16. The zero-order valence-corrected chi connectivity index (χ0v) is 7.89. The summed E-state index contributed by atoms with van der Waals surface area (Å²) < 4.78 is 0. The second-order valence-corrected chi connectivity index (χ2v) is 3.01. The van der Waals surface area contributed by atoms with Crippen LogP contribution >= 0.6 is 0 Å². The first-order valence-corrected chi connectivity index (χ1v) is 4.12. The molecule has 0 bridgehead atoms. The highest BCUT2D eigenvalue weighted by atomic mass is 16.3. The van der Waals surface area contributed by atoms with Crippen LogP contribution in [-0.4, -0.2) is 11.7 Å². The van der Waals surface area contributed by atoms with Crippen LogP contribution in [0.3, 0.4) is 0 Å². The maximum Gasteiger partial charge on any atom is 0.118 e. The van der Waals surface area contributed by atoms with Gasteiger partial charge in [0.1, 0.15) is 5.75 Å². The van der Waals surface area contributed by atoms with Crippen molar-refractivity contribution in [2.45, 2.75) is 13.8 Å². The van der Waals surface area contributed by atoms with Crippen LogP contribution in [0.1, 0.15) is 11.1 Å². The van der Waals surface area contributed by atoms with Gasteiger partial charge < -0.3 is 10.4 Å². The minimum absolute atomic E-state index is 0.323. The van der Waals surface area contributed by atoms with Gasteiger partial charge in [-0.1, -0.05) is 5.92 Å². The number of aryl methyl sites for hydroxylation is 2. The summed E-state index contributed by atoms with van der Waals surface area (Å²) in [4.78, 5) is 0. The lowest BCUT2D eigenvalue weighted by Crippen LogP contribution is -2.00. The maximum absolute atomic E-state index is 9.38. The standard InChI is InChI=1S/C11H13NO/c1-4-5-12-10-6-9(3)11(13)7-8(10)2/h1,6-7,12-13H,5H2,2-3H3. The SMILES string of the molecule is C#CCNc1cc(C)c(O)cc1C. The van der Waals surface area contributed by atoms with E-state index < -0.39 is 0 Å². The fraction of sp³-hybridized carbons (Fsp3) is 0.273. The lowest BCUT2D eigenvalue weighted by atomic mass is 10.1. The van der Waals surface area contributed by atoms with Crippen LogP contribution < -0.4 is 5.32 Å². The second-order valence-electron chi connectivity index (χ2n) is 3.01. The van der Waals surface area contributed by atoms with Crippen LogP contribution in [0.4, 0.5) is 5.69 Å². The van der Waals surface area contributed by atoms with Crippen LogP contribution in [-0.2, 0) is 0 Å². The molecule has 0 aliphatic carbocycles. The monoisotopic (exact) mass is 175 g/mol. The van der Waals surface area contributed by atoms with Gasteiger partial charge in [-0.3, -0.25) is 0 Å². The molecule has 1 aromatic rings. The largest absolute Gasteiger partial charge is 0.508 e. The summed E-state index contributed by atoms with van der Waals surface area (Å²) in [5, 5.41) is 12.5. The lowest BCUT2D eigenvalue weighted by Gasteiger charge is -2.09. The van der Waals surface area contributed by atoms with Gasteiger partial charge >= 0.3 is 0 Å². The lowest BCUT2D eigenvalue weighted by molar-refractivity contribution is 0.471. The Bertz CT molecular complexity index is 350. The molecule has 0 spiro atoms. The molecule has 0 saturated carbocycles. The van der Waals surface area contributed by atoms with E-state index in [9.17, 15) is 5.11 Å². The van der Waals surface area contributed by atoms with Gasteiger partial charge in [0.2, 0.25) is 0 Å². The van der Waals surface area contributed by atoms with Gasteiger partial charge in [-0.2, -0.15) is 0 Å². The number of phenols is 1. The van der Waals surface area contributed by atoms with Crippen molar-refractivity contribution in [3.8, 4) is 18.1 Å². The highest BCUT2D eigenvalue weighted by Crippen LogP contribution is 2.24. The summed E-state index contributed by atoms with van der Waals surface area (Å²) in [6.07, 6.45) is 5.13. The molecule has 0 aliphatic rings. The van der Waals surface area contributed by atoms with Crippen molar-refractivity contribution in [1.29, 1.82) is 0 Å². The number of benzene rings is 1. The molecule has 0 aliphatic heterocycles. The van der Waals surface area contributed by atoms with Crippen molar-refractivity contribution in [3.63, 3.8) is 0 Å². The van der Waals surface area contributed by atoms with Gasteiger partial charge in [-0.25, -0.2) is 0 Å². The topological polar surface area (TPSA) is 32.3 Å². The molecular formula is C11H13NO. The summed E-state index contributed by atoms with van der Waals surface area (Å²) in [5.74, 6) is 2.83. The molecule has 0 heterocycles. The minimum Gasteiger partial charge on any atom is -0.508 e. The molecule has 0 radical (unpaired) electrons. The molecule has 68 valence electrons. The van der Waals surface area contributed by atoms with Crippen LogP contribution in [0, 0.1) is 26.2 Å². The van der Waals surface area contributed by atoms with Crippen molar-refractivity contribution >= 4 is 5.69 Å². The quantitative estimate of drug-likeness (QED) is 0.532. The predicted molar refractivity (Wildman–Crippen MR) is 54.9 cm³/mol. The van der Waals surface area contributed by atoms with E-state index in [0.29, 0.717) is 12.3 Å². The average molecular weight is 175 g/mol. The van der Waals surface area contributed by atoms with E-state index in [-0.39, 0.29) is 0 Å². The zero-order chi connectivity index (χ0) is 9.84. The van der Waals surface area contributed by atoms with E-state index in [2.05, 4.69) is 11.2 Å². The third-order valence-electron chi connectivity index (χ3n) is 1.92. The van der Waals surface area contributed by atoms with Gasteiger partial charge in [0.05, 0.1) is 6.54 Å². The Balaban J connectivity index is 2.96. The third-order valence-corrected chi connectivity index (χ3v) is 1.92. The average Bonchev–Trinajstić information content (AvgIpc) is 2.09. The fourth-order valence-electron chi connectivity index (χ4n) is 1.14. The molecule has 1 aromatic carbocycles. The molecule has 0 saturated heterocycles. The maximum atomic E-state index is 9.38. The number of phenolic OH excluding ortho intramolecular Hbond substituents is 1. The molecule has 0 unspecified atom stereocenters. The highest BCUT2D eigenvalue weighted by molar-refractivity contribution is 5.57. The molecule has 0 amide bonds. The van der Waals surface area contributed by atoms with Crippen molar-refractivity contribution in [2.24, 2.45) is 0 Å². The molecule has 1 rings (SSSR count). The van der Waals surface area contributed by atoms with E-state index in [4.69, 9.17) is 6.42 Å². The summed E-state index contributed by atoms with van der Waals surface area (Å²) >= 11 is 0. The summed E-state index contributed by atoms with van der Waals surface area (Å²) in [7, 11) is 0. The van der Waals surface area contributed by atoms with Gasteiger partial charge in [0.15, 0.2) is 0 Å². The van der Waals surface area contributed by atoms with E-state index >= 15 is 0 Å². The molecule has 0 fully saturated rings. The number of hydrogen-bond acceptors (Lipinski definition) is 2. The Hall–Kier alpha value is -1.62. The van der Waals surface area contributed by atoms with Crippen molar-refractivity contribution < 1.29 is 5.11 Å². The minimum atomic E-state index is 0.323. The molecule has 2 nitrogen and oxygen atoms in total. The van der Waals surface area contributed by atoms with E-state index in [1.807, 2.05) is 19.9 Å². The van der Waals surface area contributed by atoms with Gasteiger partial charge in [-0.05, 0) is 37.1 Å². The number of anilines is 1. The van der Waals surface area contributed by atoms with Gasteiger partial charge in [-0.15, -0.1) is 6.42 Å². The van der Waals surface area contributed by atoms with Gasteiger partial charge in [0.25, 0.3) is 0 Å². The summed E-state index contributed by atoms with van der Waals surface area (Å²) in [6, 6.07) is 3.62. The van der Waals surface area contributed by atoms with Crippen LogP contribution in [0.15, 0.2) is 12.1 Å². The molecular weight excluding hydrogens is 162 g/mol. The number of hydrogen-bond donors (Lipinski definition) is 2. The first-order valence-electron chi connectivity index (χ1n) is 4.12.